The van der Waals surface area contributed by atoms with Gasteiger partial charge in [-0.3, -0.25) is 0 Å². The maximum atomic E-state index is 7.05. The largest absolute Gasteiger partial charge is 0.497 e. The molecule has 0 radical (unpaired) electrons. The van der Waals surface area contributed by atoms with Crippen molar-refractivity contribution in [1.82, 2.24) is 0 Å². The van der Waals surface area contributed by atoms with Crippen LogP contribution in [-0.2, 0) is 0 Å². The lowest BCUT2D eigenvalue weighted by Gasteiger charge is -2.30. The summed E-state index contributed by atoms with van der Waals surface area (Å²) in [5.41, 5.74) is -5.53. The molecule has 1 aliphatic heterocycles. The number of benzene rings is 4. The summed E-state index contributed by atoms with van der Waals surface area (Å²) in [5.74, 6) is -1.64. The summed E-state index contributed by atoms with van der Waals surface area (Å²) >= 11 is 32.8. The van der Waals surface area contributed by atoms with E-state index in [1.807, 2.05) is 97.1 Å². The van der Waals surface area contributed by atoms with Gasteiger partial charge in [0.15, 0.2) is 0 Å². The van der Waals surface area contributed by atoms with E-state index in [1.54, 1.807) is 59.7 Å². The van der Waals surface area contributed by atoms with Crippen molar-refractivity contribution in [3.63, 3.8) is 0 Å². The van der Waals surface area contributed by atoms with Gasteiger partial charge in [0.2, 0.25) is 11.2 Å². The molecule has 1 aliphatic rings. The molecule has 16 heteroatoms. The van der Waals surface area contributed by atoms with Gasteiger partial charge in [-0.25, -0.2) is 4.52 Å². The second kappa shape index (κ2) is 14.4. The van der Waals surface area contributed by atoms with Crippen molar-refractivity contribution in [1.29, 1.82) is 0 Å². The van der Waals surface area contributed by atoms with Crippen LogP contribution in [0.2, 0.25) is 10.0 Å². The molecule has 0 saturated carbocycles. The van der Waals surface area contributed by atoms with Crippen molar-refractivity contribution < 1.29 is 9.47 Å². The second-order valence-corrected chi connectivity index (χ2v) is 29.9. The average molecular weight is 771 g/mol. The van der Waals surface area contributed by atoms with Crippen molar-refractivity contribution in [2.24, 2.45) is 13.5 Å². The number of hydrogen-bond donors (Lipinski definition) is 0. The molecule has 0 amide bonds. The zero-order valence-electron chi connectivity index (χ0n) is 21.9. The third kappa shape index (κ3) is 8.92. The molecule has 42 heavy (non-hydrogen) atoms. The Labute approximate surface area is 281 Å². The summed E-state index contributed by atoms with van der Waals surface area (Å²) in [6, 6.07) is 30.9. The predicted octanol–water partition coefficient (Wildman–Crippen LogP) is 14.8. The van der Waals surface area contributed by atoms with E-state index in [2.05, 4.69) is 0 Å². The Kier molecular flexibility index (Phi) is 11.4. The van der Waals surface area contributed by atoms with Crippen LogP contribution in [0.25, 0.3) is 0 Å². The maximum Gasteiger partial charge on any atom is 0.256 e. The lowest BCUT2D eigenvalue weighted by molar-refractivity contribution is 0.414. The SMILES string of the molecule is COc1ccc(SP2(Sc3ccc(OC)cc3)=NP(Sc3ccc(Cl)cc3)(Sc3ccc(Cl)cc3)=NP(Cl)(Cl)=N2)cc1. The highest BCUT2D eigenvalue weighted by Crippen LogP contribution is 2.96. The van der Waals surface area contributed by atoms with Crippen molar-refractivity contribution in [2.75, 3.05) is 14.2 Å². The molecule has 0 unspecified atom stereocenters. The summed E-state index contributed by atoms with van der Waals surface area (Å²) in [4.78, 5) is 3.86. The van der Waals surface area contributed by atoms with Gasteiger partial charge < -0.3 is 9.47 Å². The molecule has 0 saturated heterocycles. The lowest BCUT2D eigenvalue weighted by Crippen LogP contribution is -1.83. The number of methoxy groups -OCH3 is 2. The fourth-order valence-electron chi connectivity index (χ4n) is 3.47. The van der Waals surface area contributed by atoms with E-state index in [-0.39, 0.29) is 0 Å². The molecule has 4 aromatic carbocycles. The first-order valence-electron chi connectivity index (χ1n) is 12.0. The topological polar surface area (TPSA) is 55.5 Å². The lowest BCUT2D eigenvalue weighted by atomic mass is 10.3. The molecule has 4 aromatic rings. The van der Waals surface area contributed by atoms with Crippen LogP contribution in [-0.4, -0.2) is 14.2 Å². The van der Waals surface area contributed by atoms with Crippen molar-refractivity contribution in [3.8, 4) is 11.5 Å². The molecule has 220 valence electrons. The molecule has 0 spiro atoms. The van der Waals surface area contributed by atoms with E-state index in [0.29, 0.717) is 10.0 Å². The Bertz CT molecular complexity index is 1620. The molecule has 0 atom stereocenters. The molecule has 5 nitrogen and oxygen atoms in total. The molecule has 0 bridgehead atoms. The van der Waals surface area contributed by atoms with Gasteiger partial charge in [-0.05, 0) is 165 Å². The minimum Gasteiger partial charge on any atom is -0.497 e. The number of rotatable bonds is 10. The van der Waals surface area contributed by atoms with E-state index in [0.717, 1.165) is 31.1 Å². The fourth-order valence-corrected chi connectivity index (χ4v) is 38.9. The van der Waals surface area contributed by atoms with Gasteiger partial charge in [-0.15, -0.1) is 0 Å². The quantitative estimate of drug-likeness (QED) is 0.150. The number of nitrogens with zero attached hydrogens (tertiary/aromatic N) is 3. The first-order chi connectivity index (χ1) is 20.1. The Balaban J connectivity index is 1.71. The highest BCUT2D eigenvalue weighted by Gasteiger charge is 2.39. The smallest absolute Gasteiger partial charge is 0.256 e. The monoisotopic (exact) mass is 769 g/mol. The first kappa shape index (κ1) is 33.1. The molecule has 1 heterocycles. The van der Waals surface area contributed by atoms with Crippen LogP contribution in [0.3, 0.4) is 0 Å². The number of halogens is 4. The van der Waals surface area contributed by atoms with Crippen LogP contribution in [0.5, 0.6) is 11.5 Å². The summed E-state index contributed by atoms with van der Waals surface area (Å²) in [5, 5.41) is 1.29. The Morgan fingerprint density at radius 2 is 0.786 bits per heavy atom. The van der Waals surface area contributed by atoms with Crippen molar-refractivity contribution >= 4 is 108 Å². The summed E-state index contributed by atoms with van der Waals surface area (Å²) in [7, 11) is 3.29. The standard InChI is InChI=1S/C26H22Cl4N3O2P3S4/c1-34-21-7-15-25(16-8-21)41-38(42-26-17-9-22(35-2)10-18-26)32-36(29,30)31-37(33-38,39-23-11-3-19(27)4-12-23)40-24-13-5-20(28)6-14-24/h3-18H,1-2H3. The molecule has 0 fully saturated rings. The average Bonchev–Trinajstić information content (AvgIpc) is 2.95. The Morgan fingerprint density at radius 1 is 0.476 bits per heavy atom. The molecule has 5 rings (SSSR count). The first-order valence-corrected chi connectivity index (χ1v) is 25.3. The van der Waals surface area contributed by atoms with E-state index in [4.69, 9.17) is 68.7 Å². The van der Waals surface area contributed by atoms with Gasteiger partial charge in [-0.1, -0.05) is 23.2 Å². The van der Waals surface area contributed by atoms with E-state index in [9.17, 15) is 0 Å². The van der Waals surface area contributed by atoms with Crippen LogP contribution in [0.4, 0.5) is 0 Å². The summed E-state index contributed by atoms with van der Waals surface area (Å²) in [6.07, 6.45) is 0. The van der Waals surface area contributed by atoms with Crippen molar-refractivity contribution in [3.05, 3.63) is 107 Å². The van der Waals surface area contributed by atoms with Gasteiger partial charge in [0, 0.05) is 29.6 Å². The Morgan fingerprint density at radius 3 is 1.12 bits per heavy atom. The van der Waals surface area contributed by atoms with Gasteiger partial charge in [-0.2, -0.15) is 9.03 Å². The minimum absolute atomic E-state index is 0.646. The van der Waals surface area contributed by atoms with Crippen molar-refractivity contribution in [2.45, 2.75) is 19.6 Å². The number of hydrogen-bond acceptors (Lipinski definition) is 9. The van der Waals surface area contributed by atoms with E-state index < -0.39 is 17.1 Å². The Hall–Kier alpha value is -0.270. The maximum absolute atomic E-state index is 7.05. The zero-order valence-corrected chi connectivity index (χ0v) is 30.9. The summed E-state index contributed by atoms with van der Waals surface area (Å²) in [6.45, 7) is 0. The minimum atomic E-state index is -3.16. The highest BCUT2D eigenvalue weighted by atomic mass is 35.9. The highest BCUT2D eigenvalue weighted by molar-refractivity contribution is 8.96. The van der Waals surface area contributed by atoms with E-state index >= 15 is 0 Å². The zero-order chi connectivity index (χ0) is 29.8. The second-order valence-electron chi connectivity index (χ2n) is 8.33. The molecular formula is C26H22Cl4N3O2P3S4. The van der Waals surface area contributed by atoms with E-state index in [1.165, 1.54) is 0 Å². The van der Waals surface area contributed by atoms with Crippen LogP contribution in [0.1, 0.15) is 0 Å². The van der Waals surface area contributed by atoms with Crippen LogP contribution in [0, 0.1) is 0 Å². The van der Waals surface area contributed by atoms with Crippen LogP contribution in [0.15, 0.2) is 130 Å². The molecule has 0 N–H and O–H groups in total. The van der Waals surface area contributed by atoms with Gasteiger partial charge in [0.1, 0.15) is 11.5 Å². The third-order valence-electron chi connectivity index (χ3n) is 5.31. The normalized spacial score (nSPS) is 16.4. The molecule has 0 aromatic heterocycles. The number of ether oxygens (including phenoxy) is 2. The van der Waals surface area contributed by atoms with Gasteiger partial charge in [0.25, 0.3) is 5.91 Å². The fraction of sp³-hybridized carbons (Fsp3) is 0.0769. The van der Waals surface area contributed by atoms with Crippen LogP contribution >= 0.6 is 108 Å². The van der Waals surface area contributed by atoms with Gasteiger partial charge >= 0.3 is 0 Å². The van der Waals surface area contributed by atoms with Gasteiger partial charge in [0.05, 0.1) is 14.2 Å². The van der Waals surface area contributed by atoms with Crippen LogP contribution < -0.4 is 9.47 Å². The predicted molar refractivity (Wildman–Crippen MR) is 192 cm³/mol. The summed E-state index contributed by atoms with van der Waals surface area (Å²) < 4.78 is 26.5. The molecular weight excluding hydrogens is 749 g/mol. The molecule has 0 aliphatic carbocycles. The third-order valence-corrected chi connectivity index (χ3v) is 29.8.